The second-order valence-corrected chi connectivity index (χ2v) is 4.25. The number of benzene rings is 1. The van der Waals surface area contributed by atoms with Crippen molar-refractivity contribution in [2.45, 2.75) is 26.7 Å². The molecule has 1 N–H and O–H groups in total. The van der Waals surface area contributed by atoms with E-state index in [9.17, 15) is 0 Å². The van der Waals surface area contributed by atoms with Gasteiger partial charge in [-0.1, -0.05) is 15.9 Å². The fourth-order valence-corrected chi connectivity index (χ4v) is 2.03. The van der Waals surface area contributed by atoms with Gasteiger partial charge in [0.1, 0.15) is 0 Å². The summed E-state index contributed by atoms with van der Waals surface area (Å²) in [5.41, 5.74) is 3.99. The molecule has 0 aromatic heterocycles. The van der Waals surface area contributed by atoms with Crippen LogP contribution in [0.4, 0.5) is 0 Å². The lowest BCUT2D eigenvalue weighted by Gasteiger charge is -2.08. The molecule has 2 heteroatoms. The van der Waals surface area contributed by atoms with Crippen molar-refractivity contribution in [3.8, 4) is 0 Å². The molecule has 13 heavy (non-hydrogen) atoms. The number of aliphatic hydroxyl groups excluding tert-OH is 1. The Balaban J connectivity index is 2.92. The number of halogens is 1. The zero-order chi connectivity index (χ0) is 9.84. The van der Waals surface area contributed by atoms with Crippen LogP contribution in [0.5, 0.6) is 0 Å². The average molecular weight is 243 g/mol. The summed E-state index contributed by atoms with van der Waals surface area (Å²) >= 11 is 3.48. The van der Waals surface area contributed by atoms with Crippen LogP contribution in [0.1, 0.15) is 23.1 Å². The maximum absolute atomic E-state index is 8.75. The van der Waals surface area contributed by atoms with E-state index in [2.05, 4.69) is 41.9 Å². The Kier molecular flexibility index (Phi) is 3.94. The predicted molar refractivity (Wildman–Crippen MR) is 59.0 cm³/mol. The van der Waals surface area contributed by atoms with Crippen molar-refractivity contribution < 1.29 is 5.11 Å². The molecule has 0 fully saturated rings. The summed E-state index contributed by atoms with van der Waals surface area (Å²) in [6.07, 6.45) is 1.80. The molecule has 0 saturated carbocycles. The first-order valence-corrected chi connectivity index (χ1v) is 5.31. The van der Waals surface area contributed by atoms with Crippen molar-refractivity contribution in [2.75, 3.05) is 6.61 Å². The van der Waals surface area contributed by atoms with Gasteiger partial charge in [-0.3, -0.25) is 0 Å². The Morgan fingerprint density at radius 1 is 1.31 bits per heavy atom. The minimum absolute atomic E-state index is 0.269. The maximum Gasteiger partial charge on any atom is 0.0434 e. The van der Waals surface area contributed by atoms with Gasteiger partial charge in [0.25, 0.3) is 0 Å². The molecule has 1 aromatic rings. The van der Waals surface area contributed by atoms with E-state index in [4.69, 9.17) is 5.11 Å². The molecule has 0 aliphatic carbocycles. The fraction of sp³-hybridized carbons (Fsp3) is 0.455. The van der Waals surface area contributed by atoms with E-state index < -0.39 is 0 Å². The van der Waals surface area contributed by atoms with Gasteiger partial charge in [-0.2, -0.15) is 0 Å². The van der Waals surface area contributed by atoms with E-state index in [1.165, 1.54) is 16.7 Å². The third-order valence-corrected chi connectivity index (χ3v) is 2.80. The molecule has 0 bridgehead atoms. The van der Waals surface area contributed by atoms with Crippen molar-refractivity contribution in [1.29, 1.82) is 0 Å². The molecule has 0 aliphatic heterocycles. The van der Waals surface area contributed by atoms with Crippen LogP contribution in [-0.4, -0.2) is 11.7 Å². The van der Waals surface area contributed by atoms with Crippen LogP contribution in [0, 0.1) is 13.8 Å². The third kappa shape index (κ3) is 2.82. The van der Waals surface area contributed by atoms with E-state index >= 15 is 0 Å². The van der Waals surface area contributed by atoms with Gasteiger partial charge in [-0.25, -0.2) is 0 Å². The van der Waals surface area contributed by atoms with E-state index in [0.29, 0.717) is 0 Å². The number of hydrogen-bond acceptors (Lipinski definition) is 1. The number of hydrogen-bond donors (Lipinski definition) is 1. The molecule has 0 amide bonds. The molecular formula is C11H15BrO. The van der Waals surface area contributed by atoms with Crippen LogP contribution in [0.2, 0.25) is 0 Å². The summed E-state index contributed by atoms with van der Waals surface area (Å²) in [5, 5.41) is 8.75. The molecule has 0 aliphatic rings. The predicted octanol–water partition coefficient (Wildman–Crippen LogP) is 2.99. The van der Waals surface area contributed by atoms with Gasteiger partial charge in [0, 0.05) is 11.1 Å². The van der Waals surface area contributed by atoms with Crippen molar-refractivity contribution in [1.82, 2.24) is 0 Å². The highest BCUT2D eigenvalue weighted by molar-refractivity contribution is 9.10. The molecule has 0 radical (unpaired) electrons. The number of aliphatic hydroxyl groups is 1. The van der Waals surface area contributed by atoms with Gasteiger partial charge in [0.15, 0.2) is 0 Å². The highest BCUT2D eigenvalue weighted by Crippen LogP contribution is 2.21. The largest absolute Gasteiger partial charge is 0.396 e. The Labute approximate surface area is 87.9 Å². The highest BCUT2D eigenvalue weighted by atomic mass is 79.9. The quantitative estimate of drug-likeness (QED) is 0.865. The van der Waals surface area contributed by atoms with E-state index in [1.807, 2.05) is 0 Å². The smallest absolute Gasteiger partial charge is 0.0434 e. The average Bonchev–Trinajstić information content (AvgIpc) is 2.09. The lowest BCUT2D eigenvalue weighted by Crippen LogP contribution is -1.95. The molecular weight excluding hydrogens is 228 g/mol. The molecule has 0 spiro atoms. The Morgan fingerprint density at radius 3 is 2.62 bits per heavy atom. The maximum atomic E-state index is 8.75. The van der Waals surface area contributed by atoms with Crippen molar-refractivity contribution in [2.24, 2.45) is 0 Å². The summed E-state index contributed by atoms with van der Waals surface area (Å²) < 4.78 is 1.13. The van der Waals surface area contributed by atoms with Gasteiger partial charge in [0.05, 0.1) is 0 Å². The summed E-state index contributed by atoms with van der Waals surface area (Å²) in [4.78, 5) is 0. The molecule has 0 heterocycles. The molecule has 0 unspecified atom stereocenters. The number of aryl methyl sites for hydroxylation is 2. The summed E-state index contributed by atoms with van der Waals surface area (Å²) in [5.74, 6) is 0. The Morgan fingerprint density at radius 2 is 2.00 bits per heavy atom. The van der Waals surface area contributed by atoms with Crippen LogP contribution in [0.25, 0.3) is 0 Å². The van der Waals surface area contributed by atoms with E-state index in [0.717, 1.165) is 17.3 Å². The second-order valence-electron chi connectivity index (χ2n) is 3.33. The number of rotatable bonds is 3. The van der Waals surface area contributed by atoms with Crippen LogP contribution in [0.15, 0.2) is 16.6 Å². The fourth-order valence-electron chi connectivity index (χ4n) is 1.41. The monoisotopic (exact) mass is 242 g/mol. The minimum Gasteiger partial charge on any atom is -0.396 e. The zero-order valence-electron chi connectivity index (χ0n) is 8.10. The SMILES string of the molecule is Cc1cc(Br)cc(CCCO)c1C. The second kappa shape index (κ2) is 4.77. The summed E-state index contributed by atoms with van der Waals surface area (Å²) in [7, 11) is 0. The van der Waals surface area contributed by atoms with Crippen LogP contribution >= 0.6 is 15.9 Å². The van der Waals surface area contributed by atoms with E-state index in [-0.39, 0.29) is 6.61 Å². The lowest BCUT2D eigenvalue weighted by atomic mass is 10.00. The van der Waals surface area contributed by atoms with Crippen LogP contribution in [0.3, 0.4) is 0 Å². The van der Waals surface area contributed by atoms with E-state index in [1.54, 1.807) is 0 Å². The molecule has 72 valence electrons. The Bertz CT molecular complexity index is 294. The third-order valence-electron chi connectivity index (χ3n) is 2.34. The lowest BCUT2D eigenvalue weighted by molar-refractivity contribution is 0.288. The first-order chi connectivity index (χ1) is 6.15. The first kappa shape index (κ1) is 10.7. The van der Waals surface area contributed by atoms with Crippen LogP contribution < -0.4 is 0 Å². The van der Waals surface area contributed by atoms with Crippen molar-refractivity contribution in [3.05, 3.63) is 33.3 Å². The zero-order valence-corrected chi connectivity index (χ0v) is 9.69. The molecule has 1 nitrogen and oxygen atoms in total. The minimum atomic E-state index is 0.269. The van der Waals surface area contributed by atoms with Crippen molar-refractivity contribution >= 4 is 15.9 Å². The molecule has 1 rings (SSSR count). The molecule has 0 atom stereocenters. The topological polar surface area (TPSA) is 20.2 Å². The Hall–Kier alpha value is -0.340. The van der Waals surface area contributed by atoms with Gasteiger partial charge in [0.2, 0.25) is 0 Å². The summed E-state index contributed by atoms with van der Waals surface area (Å²) in [6.45, 7) is 4.52. The molecule has 0 saturated heterocycles. The molecule has 1 aromatic carbocycles. The standard InChI is InChI=1S/C11H15BrO/c1-8-6-11(12)7-10(9(8)2)4-3-5-13/h6-7,13H,3-5H2,1-2H3. The van der Waals surface area contributed by atoms with Gasteiger partial charge >= 0.3 is 0 Å². The summed E-state index contributed by atoms with van der Waals surface area (Å²) in [6, 6.07) is 4.26. The highest BCUT2D eigenvalue weighted by Gasteiger charge is 2.02. The van der Waals surface area contributed by atoms with Gasteiger partial charge < -0.3 is 5.11 Å². The van der Waals surface area contributed by atoms with Crippen LogP contribution in [-0.2, 0) is 6.42 Å². The van der Waals surface area contributed by atoms with Gasteiger partial charge in [-0.05, 0) is 55.5 Å². The first-order valence-electron chi connectivity index (χ1n) is 4.51. The van der Waals surface area contributed by atoms with Gasteiger partial charge in [-0.15, -0.1) is 0 Å². The van der Waals surface area contributed by atoms with Crippen molar-refractivity contribution in [3.63, 3.8) is 0 Å². The normalized spacial score (nSPS) is 10.5.